The molecule has 38 heavy (non-hydrogen) atoms. The molecule has 1 rings (SSSR count). The molecule has 0 amide bonds. The fraction of sp³-hybridized carbons (Fsp3) is 0.793. The van der Waals surface area contributed by atoms with Gasteiger partial charge in [0.25, 0.3) is 0 Å². The topological polar surface area (TPSA) is 116 Å². The maximum absolute atomic E-state index is 9.58. The van der Waals surface area contributed by atoms with Crippen LogP contribution in [0.2, 0.25) is 0 Å². The molecule has 0 aliphatic carbocycles. The molecule has 9 nitrogen and oxygen atoms in total. The van der Waals surface area contributed by atoms with Crippen LogP contribution in [0.4, 0.5) is 0 Å². The molecule has 0 fully saturated rings. The zero-order valence-electron chi connectivity index (χ0n) is 23.7. The van der Waals surface area contributed by atoms with Crippen LogP contribution in [0.1, 0.15) is 57.4 Å². The molecule has 0 atom stereocenters. The number of rotatable bonds is 27. The Hall–Kier alpha value is -1.30. The van der Waals surface area contributed by atoms with Crippen molar-refractivity contribution in [2.45, 2.75) is 58.3 Å². The van der Waals surface area contributed by atoms with Gasteiger partial charge in [-0.1, -0.05) is 63.6 Å². The molecule has 0 aromatic heterocycles. The van der Waals surface area contributed by atoms with Gasteiger partial charge >= 0.3 is 0 Å². The van der Waals surface area contributed by atoms with Crippen molar-refractivity contribution < 1.29 is 43.7 Å². The maximum atomic E-state index is 9.58. The number of ether oxygens (including phenoxy) is 6. The summed E-state index contributed by atoms with van der Waals surface area (Å²) in [6.07, 6.45) is 10.3. The van der Waals surface area contributed by atoms with Crippen molar-refractivity contribution in [3.05, 3.63) is 29.8 Å². The van der Waals surface area contributed by atoms with E-state index in [0.29, 0.717) is 85.0 Å². The largest absolute Gasteiger partial charge is 0.508 e. The fourth-order valence-corrected chi connectivity index (χ4v) is 3.33. The summed E-state index contributed by atoms with van der Waals surface area (Å²) in [4.78, 5) is 0. The van der Waals surface area contributed by atoms with Gasteiger partial charge in [-0.3, -0.25) is 0 Å². The smallest absolute Gasteiger partial charge is 0.118 e. The second-order valence-electron chi connectivity index (χ2n) is 8.62. The number of aryl methyl sites for hydroxylation is 1. The van der Waals surface area contributed by atoms with E-state index in [-0.39, 0.29) is 13.2 Å². The van der Waals surface area contributed by atoms with Crippen molar-refractivity contribution in [2.24, 2.45) is 0 Å². The average Bonchev–Trinajstić information content (AvgIpc) is 2.93. The maximum Gasteiger partial charge on any atom is 0.118 e. The van der Waals surface area contributed by atoms with E-state index in [1.165, 1.54) is 44.9 Å². The summed E-state index contributed by atoms with van der Waals surface area (Å²) in [5.41, 5.74) is 1.09. The molecule has 3 N–H and O–H groups in total. The molecular weight excluding hydrogens is 492 g/mol. The molecule has 1 aromatic carbocycles. The fourth-order valence-electron chi connectivity index (χ4n) is 3.33. The number of para-hydroxylation sites is 1. The Bertz CT molecular complexity index is 555. The van der Waals surface area contributed by atoms with E-state index >= 15 is 0 Å². The first-order valence-electron chi connectivity index (χ1n) is 14.2. The lowest BCUT2D eigenvalue weighted by molar-refractivity contribution is -0.0194. The normalized spacial score (nSPS) is 10.9. The standard InChI is InChI=1S/C15H24O.C14H30O8/c1-2-3-4-5-6-7-8-11-14-12-9-10-13-15(14)16;15-1-3-17-5-7-19-9-11-21-13-14-22-12-10-20-8-6-18-4-2-16/h9-10,12-13,16H,2-8,11H2,1H3;15-16H,1-14H2. The minimum Gasteiger partial charge on any atom is -0.508 e. The van der Waals surface area contributed by atoms with Crippen LogP contribution in [0.5, 0.6) is 5.75 Å². The van der Waals surface area contributed by atoms with Gasteiger partial charge in [-0.05, 0) is 24.5 Å². The number of aliphatic hydroxyl groups excluding tert-OH is 2. The van der Waals surface area contributed by atoms with E-state index in [9.17, 15) is 5.11 Å². The third-order valence-corrected chi connectivity index (χ3v) is 5.37. The van der Waals surface area contributed by atoms with Gasteiger partial charge in [0, 0.05) is 0 Å². The number of hydrogen-bond acceptors (Lipinski definition) is 9. The van der Waals surface area contributed by atoms with Gasteiger partial charge in [0.2, 0.25) is 0 Å². The second kappa shape index (κ2) is 31.9. The lowest BCUT2D eigenvalue weighted by Crippen LogP contribution is -2.14. The summed E-state index contributed by atoms with van der Waals surface area (Å²) in [6, 6.07) is 7.67. The number of hydrogen-bond donors (Lipinski definition) is 3. The Morgan fingerprint density at radius 3 is 1.26 bits per heavy atom. The molecule has 0 saturated carbocycles. The molecule has 0 saturated heterocycles. The van der Waals surface area contributed by atoms with E-state index in [4.69, 9.17) is 38.6 Å². The number of unbranched alkanes of at least 4 members (excludes halogenated alkanes) is 6. The first-order chi connectivity index (χ1) is 18.8. The summed E-state index contributed by atoms with van der Waals surface area (Å²) < 4.78 is 31.2. The molecule has 0 radical (unpaired) electrons. The molecule has 0 bridgehead atoms. The number of phenolic OH excluding ortho intramolecular Hbond substituents is 1. The van der Waals surface area contributed by atoms with E-state index in [2.05, 4.69) is 6.92 Å². The van der Waals surface area contributed by atoms with Gasteiger partial charge in [0.05, 0.1) is 92.5 Å². The second-order valence-corrected chi connectivity index (χ2v) is 8.62. The predicted octanol–water partition coefficient (Wildman–Crippen LogP) is 3.76. The van der Waals surface area contributed by atoms with Gasteiger partial charge in [-0.2, -0.15) is 0 Å². The van der Waals surface area contributed by atoms with E-state index < -0.39 is 0 Å². The summed E-state index contributed by atoms with van der Waals surface area (Å²) in [7, 11) is 0. The molecule has 0 spiro atoms. The van der Waals surface area contributed by atoms with Gasteiger partial charge in [0.15, 0.2) is 0 Å². The van der Waals surface area contributed by atoms with E-state index in [1.807, 2.05) is 18.2 Å². The zero-order chi connectivity index (χ0) is 27.8. The molecule has 0 heterocycles. The quantitative estimate of drug-likeness (QED) is 0.142. The highest BCUT2D eigenvalue weighted by molar-refractivity contribution is 5.31. The van der Waals surface area contributed by atoms with Crippen molar-refractivity contribution >= 4 is 0 Å². The van der Waals surface area contributed by atoms with Crippen LogP contribution in [0.3, 0.4) is 0 Å². The van der Waals surface area contributed by atoms with Crippen LogP contribution < -0.4 is 0 Å². The number of benzene rings is 1. The number of aromatic hydroxyl groups is 1. The zero-order valence-corrected chi connectivity index (χ0v) is 23.7. The molecule has 1 aromatic rings. The molecule has 224 valence electrons. The minimum absolute atomic E-state index is 0.0334. The highest BCUT2D eigenvalue weighted by Crippen LogP contribution is 2.18. The third-order valence-electron chi connectivity index (χ3n) is 5.37. The van der Waals surface area contributed by atoms with Crippen LogP contribution in [0.25, 0.3) is 0 Å². The molecule has 0 unspecified atom stereocenters. The van der Waals surface area contributed by atoms with Crippen LogP contribution in [0, 0.1) is 0 Å². The van der Waals surface area contributed by atoms with Crippen molar-refractivity contribution in [3.63, 3.8) is 0 Å². The van der Waals surface area contributed by atoms with Crippen molar-refractivity contribution in [1.29, 1.82) is 0 Å². The Morgan fingerprint density at radius 2 is 0.868 bits per heavy atom. The Labute approximate surface area is 230 Å². The SMILES string of the molecule is CCCCCCCCCc1ccccc1O.OCCOCCOCCOCCOCCOCCOCCO. The summed E-state index contributed by atoms with van der Waals surface area (Å²) in [5, 5.41) is 26.5. The van der Waals surface area contributed by atoms with Crippen LogP contribution in [-0.2, 0) is 34.8 Å². The third kappa shape index (κ3) is 27.7. The van der Waals surface area contributed by atoms with Crippen LogP contribution in [-0.4, -0.2) is 108 Å². The highest BCUT2D eigenvalue weighted by atomic mass is 16.6. The first-order valence-corrected chi connectivity index (χ1v) is 14.2. The van der Waals surface area contributed by atoms with Crippen LogP contribution >= 0.6 is 0 Å². The van der Waals surface area contributed by atoms with E-state index in [0.717, 1.165) is 12.0 Å². The van der Waals surface area contributed by atoms with Crippen molar-refractivity contribution in [1.82, 2.24) is 0 Å². The minimum atomic E-state index is 0.0334. The highest BCUT2D eigenvalue weighted by Gasteiger charge is 1.99. The number of aliphatic hydroxyl groups is 2. The van der Waals surface area contributed by atoms with Gasteiger partial charge in [-0.25, -0.2) is 0 Å². The lowest BCUT2D eigenvalue weighted by atomic mass is 10.0. The molecular formula is C29H54O9. The molecule has 0 aliphatic rings. The average molecular weight is 547 g/mol. The van der Waals surface area contributed by atoms with Crippen molar-refractivity contribution in [3.8, 4) is 5.75 Å². The number of phenols is 1. The molecule has 9 heteroatoms. The van der Waals surface area contributed by atoms with Crippen molar-refractivity contribution in [2.75, 3.05) is 92.5 Å². The van der Waals surface area contributed by atoms with Gasteiger partial charge in [0.1, 0.15) is 5.75 Å². The predicted molar refractivity (Wildman–Crippen MR) is 149 cm³/mol. The summed E-state index contributed by atoms with van der Waals surface area (Å²) in [5.74, 6) is 0.452. The summed E-state index contributed by atoms with van der Waals surface area (Å²) >= 11 is 0. The van der Waals surface area contributed by atoms with Gasteiger partial charge in [-0.15, -0.1) is 0 Å². The van der Waals surface area contributed by atoms with E-state index in [1.54, 1.807) is 6.07 Å². The van der Waals surface area contributed by atoms with Crippen LogP contribution in [0.15, 0.2) is 24.3 Å². The Morgan fingerprint density at radius 1 is 0.500 bits per heavy atom. The monoisotopic (exact) mass is 546 g/mol. The Kier molecular flexibility index (Phi) is 30.8. The Balaban J connectivity index is 0.000000755. The first kappa shape index (κ1) is 36.7. The summed E-state index contributed by atoms with van der Waals surface area (Å²) in [6.45, 7) is 8.06. The van der Waals surface area contributed by atoms with Gasteiger partial charge < -0.3 is 43.7 Å². The molecule has 0 aliphatic heterocycles. The lowest BCUT2D eigenvalue weighted by Gasteiger charge is -2.07.